The van der Waals surface area contributed by atoms with Crippen molar-refractivity contribution in [1.82, 2.24) is 4.90 Å². The van der Waals surface area contributed by atoms with Gasteiger partial charge >= 0.3 is 5.97 Å². The van der Waals surface area contributed by atoms with E-state index >= 15 is 0 Å². The summed E-state index contributed by atoms with van der Waals surface area (Å²) in [7, 11) is 1.73. The summed E-state index contributed by atoms with van der Waals surface area (Å²) < 4.78 is 19.2. The molecule has 0 aromatic heterocycles. The lowest BCUT2D eigenvalue weighted by Crippen LogP contribution is -2.85. The van der Waals surface area contributed by atoms with Crippen LogP contribution in [0.15, 0.2) is 35.9 Å². The number of esters is 1. The molecule has 1 aromatic rings. The van der Waals surface area contributed by atoms with Gasteiger partial charge in [0.05, 0.1) is 12.0 Å². The van der Waals surface area contributed by atoms with Crippen molar-refractivity contribution < 1.29 is 24.1 Å². The van der Waals surface area contributed by atoms with E-state index in [1.165, 1.54) is 6.92 Å². The van der Waals surface area contributed by atoms with Gasteiger partial charge in [0, 0.05) is 45.0 Å². The molecule has 6 atom stereocenters. The number of hydrogen-bond acceptors (Lipinski definition) is 7. The summed E-state index contributed by atoms with van der Waals surface area (Å²) in [6, 6.07) is 8.07. The molecule has 3 saturated heterocycles. The van der Waals surface area contributed by atoms with E-state index in [4.69, 9.17) is 14.2 Å². The monoisotopic (exact) mass is 398 g/mol. The molecule has 29 heavy (non-hydrogen) atoms. The van der Waals surface area contributed by atoms with Gasteiger partial charge in [-0.2, -0.15) is 0 Å². The van der Waals surface area contributed by atoms with Crippen molar-refractivity contribution in [3.63, 3.8) is 0 Å². The molecule has 0 unspecified atom stereocenters. The van der Waals surface area contributed by atoms with Crippen molar-refractivity contribution in [2.75, 3.05) is 25.6 Å². The standard InChI is InChI=1S/C22H26N2O5/c1-4-14-11-24-18-10-19-15-7-5-6-8-17(15)23-22(19,29-18)21(24,27-3)9-16(14)20(19,12-25)28-13(2)26/h4-8,16,18,23,25H,9-12H2,1-3H3/b14-4-/t16-,18-,19-,20+,21+,22+/m0/s1. The van der Waals surface area contributed by atoms with E-state index in [1.807, 2.05) is 25.1 Å². The summed E-state index contributed by atoms with van der Waals surface area (Å²) in [5, 5.41) is 14.6. The van der Waals surface area contributed by atoms with Gasteiger partial charge in [0.1, 0.15) is 6.23 Å². The normalized spacial score (nSPS) is 47.2. The molecular formula is C22H26N2O5. The summed E-state index contributed by atoms with van der Waals surface area (Å²) in [4.78, 5) is 14.7. The third kappa shape index (κ3) is 1.54. The first-order valence-electron chi connectivity index (χ1n) is 10.3. The van der Waals surface area contributed by atoms with Gasteiger partial charge in [0.25, 0.3) is 0 Å². The number of nitrogens with zero attached hydrogens (tertiary/aromatic N) is 1. The number of aliphatic hydroxyl groups excluding tert-OH is 1. The Morgan fingerprint density at radius 1 is 1.41 bits per heavy atom. The number of nitrogens with one attached hydrogen (secondary N) is 1. The zero-order valence-corrected chi connectivity index (χ0v) is 16.9. The first-order valence-corrected chi connectivity index (χ1v) is 10.3. The Morgan fingerprint density at radius 3 is 2.90 bits per heavy atom. The number of benzene rings is 1. The Labute approximate surface area is 169 Å². The molecule has 0 amide bonds. The average Bonchev–Trinajstić information content (AvgIpc) is 3.31. The number of anilines is 1. The maximum atomic E-state index is 12.4. The minimum absolute atomic E-state index is 0.165. The quantitative estimate of drug-likeness (QED) is 0.593. The van der Waals surface area contributed by atoms with Crippen LogP contribution < -0.4 is 5.32 Å². The van der Waals surface area contributed by atoms with E-state index in [-0.39, 0.29) is 18.8 Å². The highest BCUT2D eigenvalue weighted by Gasteiger charge is 2.91. The summed E-state index contributed by atoms with van der Waals surface area (Å²) in [5.74, 6) is -0.556. The van der Waals surface area contributed by atoms with Crippen molar-refractivity contribution in [2.24, 2.45) is 5.92 Å². The second-order valence-electron chi connectivity index (χ2n) is 8.91. The number of aliphatic hydroxyl groups is 1. The molecule has 2 N–H and O–H groups in total. The molecule has 5 aliphatic rings. The molecule has 1 saturated carbocycles. The fourth-order valence-electron chi connectivity index (χ4n) is 7.47. The van der Waals surface area contributed by atoms with E-state index in [0.717, 1.165) is 16.8 Å². The maximum absolute atomic E-state index is 12.4. The molecule has 4 bridgehead atoms. The average molecular weight is 398 g/mol. The lowest BCUT2D eigenvalue weighted by molar-refractivity contribution is -0.299. The number of fused-ring (bicyclic) bond motifs is 4. The van der Waals surface area contributed by atoms with Gasteiger partial charge in [-0.05, 0) is 18.6 Å². The SMILES string of the molecule is C/C=C1/CN2[C@@H]3C[C@@]45c6ccccc6N[C@]4(O3)[C@]2(OC)C[C@@H]1[C@@]5(CO)OC(C)=O. The highest BCUT2D eigenvalue weighted by molar-refractivity contribution is 5.73. The Kier molecular flexibility index (Phi) is 3.21. The molecule has 1 spiro atoms. The van der Waals surface area contributed by atoms with E-state index in [9.17, 15) is 9.90 Å². The van der Waals surface area contributed by atoms with Crippen molar-refractivity contribution in [3.05, 3.63) is 41.5 Å². The number of carbonyl (C=O) groups excluding carboxylic acids is 1. The lowest BCUT2D eigenvalue weighted by Gasteiger charge is -2.68. The molecular weight excluding hydrogens is 372 g/mol. The third-order valence-corrected chi connectivity index (χ3v) is 8.29. The van der Waals surface area contributed by atoms with E-state index in [0.29, 0.717) is 19.4 Å². The fourth-order valence-corrected chi connectivity index (χ4v) is 7.47. The van der Waals surface area contributed by atoms with Gasteiger partial charge in [-0.3, -0.25) is 4.79 Å². The third-order valence-electron chi connectivity index (χ3n) is 8.29. The van der Waals surface area contributed by atoms with Crippen LogP contribution in [-0.2, 0) is 24.4 Å². The van der Waals surface area contributed by atoms with Crippen LogP contribution in [0.4, 0.5) is 5.69 Å². The number of piperidine rings is 2. The van der Waals surface area contributed by atoms with E-state index in [2.05, 4.69) is 22.4 Å². The first kappa shape index (κ1) is 17.9. The number of hydrogen-bond donors (Lipinski definition) is 2. The van der Waals surface area contributed by atoms with Crippen LogP contribution in [0, 0.1) is 5.92 Å². The van der Waals surface area contributed by atoms with Crippen LogP contribution in [-0.4, -0.2) is 59.5 Å². The van der Waals surface area contributed by atoms with E-state index in [1.54, 1.807) is 7.11 Å². The zero-order chi connectivity index (χ0) is 20.2. The number of carbonyl (C=O) groups is 1. The van der Waals surface area contributed by atoms with Crippen molar-refractivity contribution in [1.29, 1.82) is 0 Å². The summed E-state index contributed by atoms with van der Waals surface area (Å²) in [5.41, 5.74) is -0.401. The molecule has 1 aromatic carbocycles. The predicted octanol–water partition coefficient (Wildman–Crippen LogP) is 1.72. The minimum atomic E-state index is -1.14. The Balaban J connectivity index is 1.74. The second-order valence-corrected chi connectivity index (χ2v) is 8.91. The summed E-state index contributed by atoms with van der Waals surface area (Å²) in [6.07, 6.45) is 3.11. The number of ether oxygens (including phenoxy) is 3. The number of allylic oxidation sites excluding steroid dienone is 1. The fraction of sp³-hybridized carbons (Fsp3) is 0.591. The highest BCUT2D eigenvalue weighted by Crippen LogP contribution is 2.77. The lowest BCUT2D eigenvalue weighted by atomic mass is 9.46. The predicted molar refractivity (Wildman–Crippen MR) is 104 cm³/mol. The van der Waals surface area contributed by atoms with Crippen LogP contribution in [0.3, 0.4) is 0 Å². The molecule has 4 fully saturated rings. The Hall–Kier alpha value is -1.93. The van der Waals surface area contributed by atoms with Crippen LogP contribution in [0.1, 0.15) is 32.3 Å². The largest absolute Gasteiger partial charge is 0.455 e. The van der Waals surface area contributed by atoms with Crippen molar-refractivity contribution in [2.45, 2.75) is 55.4 Å². The van der Waals surface area contributed by atoms with Crippen LogP contribution in [0.2, 0.25) is 0 Å². The molecule has 154 valence electrons. The van der Waals surface area contributed by atoms with Gasteiger partial charge in [-0.15, -0.1) is 0 Å². The van der Waals surface area contributed by atoms with Gasteiger partial charge in [-0.25, -0.2) is 4.90 Å². The Morgan fingerprint density at radius 2 is 2.21 bits per heavy atom. The van der Waals surface area contributed by atoms with Crippen LogP contribution >= 0.6 is 0 Å². The number of rotatable bonds is 3. The molecule has 6 rings (SSSR count). The molecule has 4 aliphatic heterocycles. The van der Waals surface area contributed by atoms with Crippen molar-refractivity contribution >= 4 is 11.7 Å². The number of methoxy groups -OCH3 is 1. The highest BCUT2D eigenvalue weighted by atomic mass is 16.6. The van der Waals surface area contributed by atoms with Crippen LogP contribution in [0.5, 0.6) is 0 Å². The van der Waals surface area contributed by atoms with Gasteiger partial charge in [-0.1, -0.05) is 29.8 Å². The number of para-hydroxylation sites is 1. The molecule has 4 heterocycles. The van der Waals surface area contributed by atoms with E-state index < -0.39 is 28.4 Å². The molecule has 7 heteroatoms. The van der Waals surface area contributed by atoms with Crippen LogP contribution in [0.25, 0.3) is 0 Å². The summed E-state index contributed by atoms with van der Waals surface area (Å²) in [6.45, 7) is 3.82. The second kappa shape index (κ2) is 5.21. The molecule has 0 radical (unpaired) electrons. The summed E-state index contributed by atoms with van der Waals surface area (Å²) >= 11 is 0. The molecule has 7 nitrogen and oxygen atoms in total. The first-order chi connectivity index (χ1) is 13.9. The smallest absolute Gasteiger partial charge is 0.303 e. The topological polar surface area (TPSA) is 80.3 Å². The van der Waals surface area contributed by atoms with Crippen molar-refractivity contribution in [3.8, 4) is 0 Å². The zero-order valence-electron chi connectivity index (χ0n) is 16.9. The Bertz CT molecular complexity index is 964. The molecule has 1 aliphatic carbocycles. The van der Waals surface area contributed by atoms with Gasteiger partial charge in [0.15, 0.2) is 17.1 Å². The maximum Gasteiger partial charge on any atom is 0.303 e. The van der Waals surface area contributed by atoms with Gasteiger partial charge in [0.2, 0.25) is 0 Å². The minimum Gasteiger partial charge on any atom is -0.455 e. The van der Waals surface area contributed by atoms with Gasteiger partial charge < -0.3 is 24.6 Å².